The highest BCUT2D eigenvalue weighted by atomic mass is 35.5. The van der Waals surface area contributed by atoms with Gasteiger partial charge in [0.25, 0.3) is 5.91 Å². The van der Waals surface area contributed by atoms with E-state index < -0.39 is 0 Å². The second kappa shape index (κ2) is 6.59. The predicted molar refractivity (Wildman–Crippen MR) is 81.8 cm³/mol. The fourth-order valence-corrected chi connectivity index (χ4v) is 2.31. The molecule has 1 aromatic carbocycles. The summed E-state index contributed by atoms with van der Waals surface area (Å²) in [5.41, 5.74) is 1.14. The molecule has 5 heteroatoms. The molecule has 0 atom stereocenters. The van der Waals surface area contributed by atoms with Gasteiger partial charge < -0.3 is 9.32 Å². The Labute approximate surface area is 128 Å². The zero-order chi connectivity index (χ0) is 15.4. The second-order valence-corrected chi connectivity index (χ2v) is 4.90. The second-order valence-electron chi connectivity index (χ2n) is 4.49. The largest absolute Gasteiger partial charge is 0.453 e. The number of hydrogen-bond donors (Lipinski definition) is 0. The van der Waals surface area contributed by atoms with Gasteiger partial charge in [0.15, 0.2) is 12.0 Å². The van der Waals surface area contributed by atoms with Crippen molar-refractivity contribution < 1.29 is 14.0 Å². The van der Waals surface area contributed by atoms with Crippen molar-refractivity contribution in [2.75, 3.05) is 13.1 Å². The Bertz CT molecular complexity index is 659. The Morgan fingerprint density at radius 3 is 2.52 bits per heavy atom. The van der Waals surface area contributed by atoms with Crippen LogP contribution in [0.25, 0.3) is 11.3 Å². The van der Waals surface area contributed by atoms with Crippen molar-refractivity contribution in [3.8, 4) is 11.3 Å². The van der Waals surface area contributed by atoms with Gasteiger partial charge in [-0.05, 0) is 44.2 Å². The van der Waals surface area contributed by atoms with E-state index in [2.05, 4.69) is 0 Å². The Morgan fingerprint density at radius 2 is 1.95 bits per heavy atom. The van der Waals surface area contributed by atoms with E-state index in [9.17, 15) is 9.59 Å². The molecule has 21 heavy (non-hydrogen) atoms. The topological polar surface area (TPSA) is 50.5 Å². The zero-order valence-corrected chi connectivity index (χ0v) is 12.7. The van der Waals surface area contributed by atoms with Crippen LogP contribution in [0.1, 0.15) is 34.8 Å². The normalized spacial score (nSPS) is 10.4. The number of rotatable bonds is 5. The summed E-state index contributed by atoms with van der Waals surface area (Å²) in [6.45, 7) is 5.15. The third kappa shape index (κ3) is 3.16. The fraction of sp³-hybridized carbons (Fsp3) is 0.250. The van der Waals surface area contributed by atoms with E-state index in [1.807, 2.05) is 13.8 Å². The van der Waals surface area contributed by atoms with E-state index in [1.165, 1.54) is 0 Å². The third-order valence-electron chi connectivity index (χ3n) is 3.27. The Hall–Kier alpha value is -2.07. The molecule has 0 N–H and O–H groups in total. The summed E-state index contributed by atoms with van der Waals surface area (Å²) in [7, 11) is 0. The van der Waals surface area contributed by atoms with Crippen molar-refractivity contribution in [3.63, 3.8) is 0 Å². The molecule has 0 spiro atoms. The molecule has 0 bridgehead atoms. The number of nitrogens with zero attached hydrogens (tertiary/aromatic N) is 1. The molecule has 0 aliphatic carbocycles. The Morgan fingerprint density at radius 1 is 1.24 bits per heavy atom. The van der Waals surface area contributed by atoms with Crippen LogP contribution in [0.15, 0.2) is 34.7 Å². The molecule has 2 aromatic rings. The third-order valence-corrected chi connectivity index (χ3v) is 3.60. The van der Waals surface area contributed by atoms with E-state index in [0.29, 0.717) is 41.3 Å². The van der Waals surface area contributed by atoms with Gasteiger partial charge in [-0.1, -0.05) is 11.6 Å². The van der Waals surface area contributed by atoms with E-state index in [0.717, 1.165) is 0 Å². The maximum Gasteiger partial charge on any atom is 0.253 e. The van der Waals surface area contributed by atoms with Crippen LogP contribution in [0.3, 0.4) is 0 Å². The number of hydrogen-bond acceptors (Lipinski definition) is 3. The summed E-state index contributed by atoms with van der Waals surface area (Å²) in [5, 5.41) is 0.470. The predicted octanol–water partition coefficient (Wildman–Crippen LogP) is 3.89. The molecule has 0 saturated carbocycles. The first-order valence-corrected chi connectivity index (χ1v) is 7.12. The minimum Gasteiger partial charge on any atom is -0.453 e. The standard InChI is InChI=1S/C16H16ClNO3/c1-3-18(4-2)16(20)11-5-7-14(17)13(9-11)15-8-6-12(10-19)21-15/h5-10H,3-4H2,1-2H3. The van der Waals surface area contributed by atoms with Gasteiger partial charge in [-0.3, -0.25) is 9.59 Å². The van der Waals surface area contributed by atoms with Crippen LogP contribution < -0.4 is 0 Å². The SMILES string of the molecule is CCN(CC)C(=O)c1ccc(Cl)c(-c2ccc(C=O)o2)c1. The molecule has 1 amide bonds. The maximum atomic E-state index is 12.4. The highest BCUT2D eigenvalue weighted by Gasteiger charge is 2.16. The van der Waals surface area contributed by atoms with Gasteiger partial charge in [0.2, 0.25) is 0 Å². The number of furan rings is 1. The lowest BCUT2D eigenvalue weighted by atomic mass is 10.1. The van der Waals surface area contributed by atoms with Gasteiger partial charge in [-0.25, -0.2) is 0 Å². The number of carbonyl (C=O) groups excluding carboxylic acids is 2. The highest BCUT2D eigenvalue weighted by molar-refractivity contribution is 6.33. The minimum absolute atomic E-state index is 0.0555. The van der Waals surface area contributed by atoms with E-state index in [-0.39, 0.29) is 11.7 Å². The van der Waals surface area contributed by atoms with Gasteiger partial charge in [0.05, 0.1) is 5.02 Å². The number of halogens is 1. The van der Waals surface area contributed by atoms with Crippen LogP contribution in [0.2, 0.25) is 5.02 Å². The first-order chi connectivity index (χ1) is 10.1. The Balaban J connectivity index is 2.41. The Kier molecular flexibility index (Phi) is 4.81. The van der Waals surface area contributed by atoms with Crippen LogP contribution >= 0.6 is 11.6 Å². The van der Waals surface area contributed by atoms with Gasteiger partial charge >= 0.3 is 0 Å². The average Bonchev–Trinajstić information content (AvgIpc) is 2.97. The zero-order valence-electron chi connectivity index (χ0n) is 11.9. The van der Waals surface area contributed by atoms with Crippen LogP contribution in [-0.2, 0) is 0 Å². The molecule has 2 rings (SSSR count). The van der Waals surface area contributed by atoms with Crippen LogP contribution in [0.5, 0.6) is 0 Å². The highest BCUT2D eigenvalue weighted by Crippen LogP contribution is 2.30. The van der Waals surface area contributed by atoms with Gasteiger partial charge in [-0.15, -0.1) is 0 Å². The number of benzene rings is 1. The van der Waals surface area contributed by atoms with Gasteiger partial charge in [-0.2, -0.15) is 0 Å². The number of amides is 1. The molecule has 0 radical (unpaired) electrons. The van der Waals surface area contributed by atoms with Crippen molar-refractivity contribution in [2.24, 2.45) is 0 Å². The number of carbonyl (C=O) groups is 2. The molecule has 0 aliphatic heterocycles. The maximum absolute atomic E-state index is 12.4. The van der Waals surface area contributed by atoms with Crippen molar-refractivity contribution in [1.82, 2.24) is 4.90 Å². The van der Waals surface area contributed by atoms with Crippen molar-refractivity contribution in [3.05, 3.63) is 46.7 Å². The summed E-state index contributed by atoms with van der Waals surface area (Å²) in [6, 6.07) is 8.28. The lowest BCUT2D eigenvalue weighted by molar-refractivity contribution is 0.0773. The van der Waals surface area contributed by atoms with Crippen LogP contribution in [-0.4, -0.2) is 30.2 Å². The summed E-state index contributed by atoms with van der Waals surface area (Å²) in [4.78, 5) is 24.8. The molecule has 4 nitrogen and oxygen atoms in total. The smallest absolute Gasteiger partial charge is 0.253 e. The lowest BCUT2D eigenvalue weighted by Gasteiger charge is -2.19. The van der Waals surface area contributed by atoms with E-state index >= 15 is 0 Å². The van der Waals surface area contributed by atoms with Crippen molar-refractivity contribution in [1.29, 1.82) is 0 Å². The van der Waals surface area contributed by atoms with Crippen LogP contribution in [0.4, 0.5) is 0 Å². The van der Waals surface area contributed by atoms with Crippen molar-refractivity contribution >= 4 is 23.8 Å². The lowest BCUT2D eigenvalue weighted by Crippen LogP contribution is -2.30. The molecule has 0 fully saturated rings. The molecular weight excluding hydrogens is 290 g/mol. The average molecular weight is 306 g/mol. The summed E-state index contributed by atoms with van der Waals surface area (Å²) >= 11 is 6.16. The molecule has 0 aliphatic rings. The minimum atomic E-state index is -0.0555. The molecule has 1 heterocycles. The van der Waals surface area contributed by atoms with Gasteiger partial charge in [0.1, 0.15) is 5.76 Å². The number of aldehydes is 1. The van der Waals surface area contributed by atoms with E-state index in [4.69, 9.17) is 16.0 Å². The summed E-state index contributed by atoms with van der Waals surface area (Å²) < 4.78 is 5.37. The van der Waals surface area contributed by atoms with E-state index in [1.54, 1.807) is 35.2 Å². The fourth-order valence-electron chi connectivity index (χ4n) is 2.10. The summed E-state index contributed by atoms with van der Waals surface area (Å²) in [5.74, 6) is 0.637. The molecule has 1 aromatic heterocycles. The first kappa shape index (κ1) is 15.3. The molecule has 110 valence electrons. The monoisotopic (exact) mass is 305 g/mol. The van der Waals surface area contributed by atoms with Gasteiger partial charge in [0, 0.05) is 24.2 Å². The summed E-state index contributed by atoms with van der Waals surface area (Å²) in [6.07, 6.45) is 0.627. The first-order valence-electron chi connectivity index (χ1n) is 6.74. The van der Waals surface area contributed by atoms with Crippen LogP contribution in [0, 0.1) is 0 Å². The molecular formula is C16H16ClNO3. The molecule has 0 saturated heterocycles. The quantitative estimate of drug-likeness (QED) is 0.787. The van der Waals surface area contributed by atoms with Crippen molar-refractivity contribution in [2.45, 2.75) is 13.8 Å². The molecule has 0 unspecified atom stereocenters.